The molecule has 0 aliphatic carbocycles. The van der Waals surface area contributed by atoms with Gasteiger partial charge in [-0.3, -0.25) is 4.79 Å². The summed E-state index contributed by atoms with van der Waals surface area (Å²) in [4.78, 5) is 17.1. The van der Waals surface area contributed by atoms with E-state index < -0.39 is 0 Å². The molecule has 1 unspecified atom stereocenters. The number of carbonyl (C=O) groups excluding carboxylic acids is 1. The Morgan fingerprint density at radius 2 is 1.84 bits per heavy atom. The average Bonchev–Trinajstić information content (AvgIpc) is 3.30. The van der Waals surface area contributed by atoms with E-state index in [0.717, 1.165) is 16.7 Å². The number of allylic oxidation sites excluding steroid dienone is 9. The SMILES string of the molecule is C=C/C=C\C(=C/C=C)C(Cn1ccnc1)NC(=O)c1ccc(/C(C=C)=C/C=C\C)cc1. The molecule has 1 heterocycles. The van der Waals surface area contributed by atoms with Crippen LogP contribution in [0.4, 0.5) is 0 Å². The van der Waals surface area contributed by atoms with Crippen molar-refractivity contribution in [2.24, 2.45) is 0 Å². The third-order valence-corrected chi connectivity index (χ3v) is 4.56. The number of amides is 1. The van der Waals surface area contributed by atoms with Crippen LogP contribution in [0.3, 0.4) is 0 Å². The van der Waals surface area contributed by atoms with Gasteiger partial charge in [-0.15, -0.1) is 0 Å². The fourth-order valence-electron chi connectivity index (χ4n) is 2.98. The van der Waals surface area contributed by atoms with Crippen molar-refractivity contribution in [1.82, 2.24) is 14.9 Å². The summed E-state index contributed by atoms with van der Waals surface area (Å²) in [5, 5.41) is 3.13. The zero-order valence-corrected chi connectivity index (χ0v) is 17.9. The zero-order chi connectivity index (χ0) is 22.5. The molecule has 0 radical (unpaired) electrons. The summed E-state index contributed by atoms with van der Waals surface area (Å²) in [5.41, 5.74) is 3.49. The van der Waals surface area contributed by atoms with Gasteiger partial charge in [0.15, 0.2) is 0 Å². The molecule has 1 atom stereocenters. The van der Waals surface area contributed by atoms with Crippen LogP contribution in [0.2, 0.25) is 0 Å². The van der Waals surface area contributed by atoms with Gasteiger partial charge in [-0.25, -0.2) is 4.98 Å². The Hall–Kier alpha value is -3.92. The van der Waals surface area contributed by atoms with Crippen molar-refractivity contribution in [3.8, 4) is 0 Å². The van der Waals surface area contributed by atoms with Crippen LogP contribution in [0.15, 0.2) is 123 Å². The van der Waals surface area contributed by atoms with Crippen molar-refractivity contribution in [3.05, 3.63) is 134 Å². The van der Waals surface area contributed by atoms with Gasteiger partial charge in [-0.05, 0) is 35.8 Å². The summed E-state index contributed by atoms with van der Waals surface area (Å²) < 4.78 is 1.93. The molecular weight excluding hydrogens is 382 g/mol. The van der Waals surface area contributed by atoms with Crippen molar-refractivity contribution in [1.29, 1.82) is 0 Å². The number of benzene rings is 1. The minimum atomic E-state index is -0.270. The molecule has 1 amide bonds. The van der Waals surface area contributed by atoms with Gasteiger partial charge in [0.05, 0.1) is 12.4 Å². The normalized spacial score (nSPS) is 13.3. The smallest absolute Gasteiger partial charge is 0.251 e. The maximum Gasteiger partial charge on any atom is 0.251 e. The van der Waals surface area contributed by atoms with Gasteiger partial charge < -0.3 is 9.88 Å². The van der Waals surface area contributed by atoms with Crippen LogP contribution < -0.4 is 5.32 Å². The number of nitrogens with zero attached hydrogens (tertiary/aromatic N) is 2. The Labute approximate surface area is 185 Å². The number of rotatable bonds is 11. The summed E-state index contributed by atoms with van der Waals surface area (Å²) in [5.74, 6) is -0.156. The number of nitrogens with one attached hydrogen (secondary N) is 1. The van der Waals surface area contributed by atoms with E-state index in [1.54, 1.807) is 30.8 Å². The maximum absolute atomic E-state index is 13.0. The predicted molar refractivity (Wildman–Crippen MR) is 131 cm³/mol. The highest BCUT2D eigenvalue weighted by atomic mass is 16.1. The number of carbonyl (C=O) groups is 1. The second-order valence-electron chi connectivity index (χ2n) is 6.71. The lowest BCUT2D eigenvalue weighted by Crippen LogP contribution is -2.39. The zero-order valence-electron chi connectivity index (χ0n) is 17.9. The molecule has 0 fully saturated rings. The fourth-order valence-corrected chi connectivity index (χ4v) is 2.98. The van der Waals surface area contributed by atoms with Gasteiger partial charge in [0.1, 0.15) is 0 Å². The van der Waals surface area contributed by atoms with Crippen LogP contribution >= 0.6 is 0 Å². The molecule has 4 nitrogen and oxygen atoms in total. The van der Waals surface area contributed by atoms with E-state index in [4.69, 9.17) is 0 Å². The average molecular weight is 412 g/mol. The second kappa shape index (κ2) is 12.6. The van der Waals surface area contributed by atoms with E-state index in [2.05, 4.69) is 30.0 Å². The summed E-state index contributed by atoms with van der Waals surface area (Å²) in [6.45, 7) is 13.9. The Morgan fingerprint density at radius 3 is 2.42 bits per heavy atom. The Balaban J connectivity index is 2.27. The molecule has 4 heteroatoms. The van der Waals surface area contributed by atoms with Gasteiger partial charge in [-0.1, -0.05) is 86.6 Å². The molecule has 1 aromatic carbocycles. The van der Waals surface area contributed by atoms with Gasteiger partial charge in [0.2, 0.25) is 0 Å². The highest BCUT2D eigenvalue weighted by molar-refractivity contribution is 5.95. The van der Waals surface area contributed by atoms with Crippen LogP contribution in [-0.4, -0.2) is 21.5 Å². The topological polar surface area (TPSA) is 46.9 Å². The lowest BCUT2D eigenvalue weighted by molar-refractivity contribution is 0.0940. The lowest BCUT2D eigenvalue weighted by Gasteiger charge is -2.21. The molecular formula is C27H29N3O. The van der Waals surface area contributed by atoms with E-state index in [9.17, 15) is 4.79 Å². The van der Waals surface area contributed by atoms with Gasteiger partial charge >= 0.3 is 0 Å². The first kappa shape index (κ1) is 23.4. The predicted octanol–water partition coefficient (Wildman–Crippen LogP) is 5.68. The quantitative estimate of drug-likeness (QED) is 0.484. The van der Waals surface area contributed by atoms with Crippen molar-refractivity contribution in [2.75, 3.05) is 0 Å². The van der Waals surface area contributed by atoms with Crippen molar-refractivity contribution < 1.29 is 4.79 Å². The van der Waals surface area contributed by atoms with E-state index in [1.807, 2.05) is 78.4 Å². The molecule has 2 aromatic rings. The Kier molecular flexibility index (Phi) is 9.50. The summed E-state index contributed by atoms with van der Waals surface area (Å²) in [7, 11) is 0. The molecule has 2 rings (SSSR count). The largest absolute Gasteiger partial charge is 0.343 e. The maximum atomic E-state index is 13.0. The van der Waals surface area contributed by atoms with Crippen LogP contribution in [0, 0.1) is 0 Å². The molecule has 1 aromatic heterocycles. The molecule has 0 bridgehead atoms. The monoisotopic (exact) mass is 411 g/mol. The van der Waals surface area contributed by atoms with Gasteiger partial charge in [-0.2, -0.15) is 0 Å². The van der Waals surface area contributed by atoms with Crippen LogP contribution in [0.25, 0.3) is 5.57 Å². The minimum absolute atomic E-state index is 0.156. The highest BCUT2D eigenvalue weighted by Gasteiger charge is 2.17. The number of imidazole rings is 1. The molecule has 0 spiro atoms. The first-order chi connectivity index (χ1) is 15.1. The summed E-state index contributed by atoms with van der Waals surface area (Å²) in [6.07, 6.45) is 22.1. The Bertz CT molecular complexity index is 1000. The molecule has 158 valence electrons. The first-order valence-corrected chi connectivity index (χ1v) is 10.1. The standard InChI is InChI=1S/C27H29N3O/c1-5-9-12-22(8-4)23-14-16-25(17-15-23)27(31)29-26(20-30-19-18-28-21-30)24(11-7-3)13-10-6-2/h5-19,21,26H,2-4,20H2,1H3,(H,29,31)/b9-5-,13-10-,22-12+,24-11+. The number of hydrogen-bond donors (Lipinski definition) is 1. The van der Waals surface area contributed by atoms with E-state index in [0.29, 0.717) is 12.1 Å². The minimum Gasteiger partial charge on any atom is -0.343 e. The Morgan fingerprint density at radius 1 is 1.10 bits per heavy atom. The lowest BCUT2D eigenvalue weighted by atomic mass is 10.0. The molecule has 0 saturated heterocycles. The van der Waals surface area contributed by atoms with Crippen LogP contribution in [-0.2, 0) is 6.54 Å². The first-order valence-electron chi connectivity index (χ1n) is 10.1. The summed E-state index contributed by atoms with van der Waals surface area (Å²) >= 11 is 0. The number of aromatic nitrogens is 2. The van der Waals surface area contributed by atoms with E-state index in [1.165, 1.54) is 0 Å². The molecule has 0 saturated carbocycles. The highest BCUT2D eigenvalue weighted by Crippen LogP contribution is 2.17. The van der Waals surface area contributed by atoms with Crippen LogP contribution in [0.5, 0.6) is 0 Å². The fraction of sp³-hybridized carbons (Fsp3) is 0.111. The third kappa shape index (κ3) is 7.12. The number of hydrogen-bond acceptors (Lipinski definition) is 2. The molecule has 1 N–H and O–H groups in total. The molecule has 0 aliphatic heterocycles. The van der Waals surface area contributed by atoms with Crippen molar-refractivity contribution >= 4 is 11.5 Å². The van der Waals surface area contributed by atoms with E-state index in [-0.39, 0.29) is 11.9 Å². The van der Waals surface area contributed by atoms with Crippen molar-refractivity contribution in [2.45, 2.75) is 19.5 Å². The molecule has 31 heavy (non-hydrogen) atoms. The molecule has 0 aliphatic rings. The van der Waals surface area contributed by atoms with Crippen LogP contribution in [0.1, 0.15) is 22.8 Å². The van der Waals surface area contributed by atoms with Gasteiger partial charge in [0.25, 0.3) is 5.91 Å². The summed E-state index contributed by atoms with van der Waals surface area (Å²) in [6, 6.07) is 7.23. The van der Waals surface area contributed by atoms with E-state index >= 15 is 0 Å². The van der Waals surface area contributed by atoms with Crippen molar-refractivity contribution in [3.63, 3.8) is 0 Å². The van der Waals surface area contributed by atoms with Gasteiger partial charge in [0, 0.05) is 24.5 Å². The third-order valence-electron chi connectivity index (χ3n) is 4.56. The second-order valence-corrected chi connectivity index (χ2v) is 6.71.